The Morgan fingerprint density at radius 1 is 1.32 bits per heavy atom. The first-order chi connectivity index (χ1) is 12.0. The summed E-state index contributed by atoms with van der Waals surface area (Å²) in [5.41, 5.74) is -0.283. The maximum Gasteiger partial charge on any atom is 0.415 e. The van der Waals surface area contributed by atoms with E-state index >= 15 is 0 Å². The molecule has 2 N–H and O–H groups in total. The van der Waals surface area contributed by atoms with Gasteiger partial charge in [0.25, 0.3) is 5.95 Å². The molecule has 3 rings (SSSR count). The summed E-state index contributed by atoms with van der Waals surface area (Å²) in [4.78, 5) is 11.8. The Morgan fingerprint density at radius 2 is 2.12 bits per heavy atom. The third kappa shape index (κ3) is 5.02. The lowest BCUT2D eigenvalue weighted by Gasteiger charge is -2.32. The molecule has 1 aromatic heterocycles. The van der Waals surface area contributed by atoms with E-state index in [1.165, 1.54) is 6.26 Å². The van der Waals surface area contributed by atoms with E-state index in [-0.39, 0.29) is 12.0 Å². The standard InChI is InChI=1S/C19H18ClNO4/c20-15-4-1-3-14(13-15)6-9-19(23)10-7-16(8-11-19)21-18(22)25-17-5-2-12-24-17/h1-5,12-13,16,23H,7-8,10-11H2,(H,21,22)/t16-,19-. The molecule has 0 bridgehead atoms. The molecule has 25 heavy (non-hydrogen) atoms. The number of aliphatic hydroxyl groups is 1. The number of ether oxygens (including phenoxy) is 1. The number of benzene rings is 1. The fourth-order valence-corrected chi connectivity index (χ4v) is 2.92. The summed E-state index contributed by atoms with van der Waals surface area (Å²) in [7, 11) is 0. The van der Waals surface area contributed by atoms with Crippen LogP contribution in [0.1, 0.15) is 31.2 Å². The van der Waals surface area contributed by atoms with Crippen LogP contribution in [0.5, 0.6) is 5.95 Å². The fourth-order valence-electron chi connectivity index (χ4n) is 2.73. The second kappa shape index (κ2) is 7.64. The lowest BCUT2D eigenvalue weighted by atomic mass is 9.82. The van der Waals surface area contributed by atoms with Gasteiger partial charge in [-0.25, -0.2) is 4.79 Å². The van der Waals surface area contributed by atoms with Crippen LogP contribution in [0.4, 0.5) is 4.79 Å². The number of hydrogen-bond donors (Lipinski definition) is 2. The van der Waals surface area contributed by atoms with Crippen molar-refractivity contribution >= 4 is 17.7 Å². The molecule has 0 spiro atoms. The molecule has 5 nitrogen and oxygen atoms in total. The normalized spacial score (nSPS) is 22.6. The van der Waals surface area contributed by atoms with E-state index in [9.17, 15) is 9.90 Å². The Hall–Kier alpha value is -2.42. The van der Waals surface area contributed by atoms with Crippen molar-refractivity contribution in [1.29, 1.82) is 0 Å². The van der Waals surface area contributed by atoms with Crippen LogP contribution in [-0.4, -0.2) is 22.8 Å². The SMILES string of the molecule is O=C(N[C@H]1CC[C@@](O)(C#Cc2cccc(Cl)c2)CC1)Oc1ccco1. The summed E-state index contributed by atoms with van der Waals surface area (Å²) in [6.45, 7) is 0. The van der Waals surface area contributed by atoms with Gasteiger partial charge in [-0.05, 0) is 49.9 Å². The van der Waals surface area contributed by atoms with Crippen molar-refractivity contribution in [2.75, 3.05) is 0 Å². The van der Waals surface area contributed by atoms with E-state index in [2.05, 4.69) is 17.2 Å². The van der Waals surface area contributed by atoms with Crippen molar-refractivity contribution in [3.63, 3.8) is 0 Å². The van der Waals surface area contributed by atoms with Crippen LogP contribution < -0.4 is 10.1 Å². The third-order valence-corrected chi connectivity index (χ3v) is 4.32. The summed E-state index contributed by atoms with van der Waals surface area (Å²) >= 11 is 5.93. The largest absolute Gasteiger partial charge is 0.434 e. The lowest BCUT2D eigenvalue weighted by molar-refractivity contribution is 0.0509. The number of carbonyl (C=O) groups is 1. The van der Waals surface area contributed by atoms with Crippen molar-refractivity contribution in [3.05, 3.63) is 53.2 Å². The molecule has 1 fully saturated rings. The molecular formula is C19H18ClNO4. The molecule has 0 saturated heterocycles. The van der Waals surface area contributed by atoms with Crippen molar-refractivity contribution in [1.82, 2.24) is 5.32 Å². The average Bonchev–Trinajstić information content (AvgIpc) is 3.08. The molecule has 0 atom stereocenters. The molecule has 1 aliphatic carbocycles. The van der Waals surface area contributed by atoms with Gasteiger partial charge in [0.05, 0.1) is 6.26 Å². The molecule has 6 heteroatoms. The van der Waals surface area contributed by atoms with Crippen LogP contribution >= 0.6 is 11.6 Å². The predicted octanol–water partition coefficient (Wildman–Crippen LogP) is 3.75. The van der Waals surface area contributed by atoms with Gasteiger partial charge in [-0.3, -0.25) is 0 Å². The first kappa shape index (κ1) is 17.4. The molecule has 1 aliphatic rings. The zero-order valence-corrected chi connectivity index (χ0v) is 14.3. The Bertz CT molecular complexity index is 783. The van der Waals surface area contributed by atoms with Gasteiger partial charge in [0, 0.05) is 22.7 Å². The molecular weight excluding hydrogens is 342 g/mol. The molecule has 1 saturated carbocycles. The van der Waals surface area contributed by atoms with Gasteiger partial charge in [0.15, 0.2) is 0 Å². The molecule has 0 radical (unpaired) electrons. The number of carbonyl (C=O) groups excluding carboxylic acids is 1. The molecule has 1 heterocycles. The van der Waals surface area contributed by atoms with E-state index in [4.69, 9.17) is 20.8 Å². The summed E-state index contributed by atoms with van der Waals surface area (Å²) in [5, 5.41) is 14.0. The number of furan rings is 1. The van der Waals surface area contributed by atoms with E-state index in [1.807, 2.05) is 12.1 Å². The van der Waals surface area contributed by atoms with Gasteiger partial charge in [-0.15, -0.1) is 0 Å². The van der Waals surface area contributed by atoms with Crippen molar-refractivity contribution in [3.8, 4) is 17.8 Å². The van der Waals surface area contributed by atoms with E-state index < -0.39 is 11.7 Å². The van der Waals surface area contributed by atoms with Crippen LogP contribution in [-0.2, 0) is 0 Å². The minimum Gasteiger partial charge on any atom is -0.434 e. The van der Waals surface area contributed by atoms with Crippen LogP contribution in [0.2, 0.25) is 5.02 Å². The minimum atomic E-state index is -1.05. The van der Waals surface area contributed by atoms with Gasteiger partial charge < -0.3 is 19.6 Å². The molecule has 1 amide bonds. The fraction of sp³-hybridized carbons (Fsp3) is 0.316. The minimum absolute atomic E-state index is 0.0595. The van der Waals surface area contributed by atoms with Crippen LogP contribution in [0.25, 0.3) is 0 Å². The van der Waals surface area contributed by atoms with Crippen molar-refractivity contribution in [2.45, 2.75) is 37.3 Å². The quantitative estimate of drug-likeness (QED) is 0.801. The number of halogens is 1. The molecule has 2 aromatic rings. The second-order valence-corrected chi connectivity index (χ2v) is 6.47. The van der Waals surface area contributed by atoms with Crippen LogP contribution in [0.3, 0.4) is 0 Å². The maximum absolute atomic E-state index is 11.8. The highest BCUT2D eigenvalue weighted by atomic mass is 35.5. The van der Waals surface area contributed by atoms with Gasteiger partial charge in [-0.2, -0.15) is 0 Å². The number of hydrogen-bond acceptors (Lipinski definition) is 4. The molecule has 0 unspecified atom stereocenters. The van der Waals surface area contributed by atoms with Gasteiger partial charge in [0.2, 0.25) is 0 Å². The zero-order chi connectivity index (χ0) is 17.7. The number of nitrogens with one attached hydrogen (secondary N) is 1. The first-order valence-electron chi connectivity index (χ1n) is 8.05. The summed E-state index contributed by atoms with van der Waals surface area (Å²) in [5.74, 6) is 6.06. The topological polar surface area (TPSA) is 71.7 Å². The van der Waals surface area contributed by atoms with Crippen LogP contribution in [0, 0.1) is 11.8 Å². The third-order valence-electron chi connectivity index (χ3n) is 4.09. The zero-order valence-electron chi connectivity index (χ0n) is 13.5. The number of rotatable bonds is 2. The highest BCUT2D eigenvalue weighted by Crippen LogP contribution is 2.28. The van der Waals surface area contributed by atoms with E-state index in [0.29, 0.717) is 30.7 Å². The second-order valence-electron chi connectivity index (χ2n) is 6.03. The monoisotopic (exact) mass is 359 g/mol. The van der Waals surface area contributed by atoms with Crippen LogP contribution in [0.15, 0.2) is 47.1 Å². The summed E-state index contributed by atoms with van der Waals surface area (Å²) in [6, 6.07) is 10.3. The first-order valence-corrected chi connectivity index (χ1v) is 8.43. The van der Waals surface area contributed by atoms with Crippen molar-refractivity contribution < 1.29 is 19.1 Å². The van der Waals surface area contributed by atoms with Gasteiger partial charge in [-0.1, -0.05) is 29.5 Å². The Kier molecular flexibility index (Phi) is 5.32. The smallest absolute Gasteiger partial charge is 0.415 e. The Balaban J connectivity index is 1.51. The average molecular weight is 360 g/mol. The lowest BCUT2D eigenvalue weighted by Crippen LogP contribution is -2.43. The van der Waals surface area contributed by atoms with Gasteiger partial charge in [0.1, 0.15) is 5.60 Å². The Morgan fingerprint density at radius 3 is 2.80 bits per heavy atom. The highest BCUT2D eigenvalue weighted by molar-refractivity contribution is 6.30. The maximum atomic E-state index is 11.8. The predicted molar refractivity (Wildman–Crippen MR) is 93.4 cm³/mol. The molecule has 130 valence electrons. The van der Waals surface area contributed by atoms with Gasteiger partial charge >= 0.3 is 6.09 Å². The summed E-state index contributed by atoms with van der Waals surface area (Å²) < 4.78 is 9.96. The van der Waals surface area contributed by atoms with E-state index in [0.717, 1.165) is 5.56 Å². The molecule has 1 aromatic carbocycles. The Labute approximate surface area is 150 Å². The highest BCUT2D eigenvalue weighted by Gasteiger charge is 2.32. The van der Waals surface area contributed by atoms with Crippen molar-refractivity contribution in [2.24, 2.45) is 0 Å². The summed E-state index contributed by atoms with van der Waals surface area (Å²) in [6.07, 6.45) is 3.07. The number of amides is 1. The van der Waals surface area contributed by atoms with E-state index in [1.54, 1.807) is 24.3 Å². The molecule has 0 aliphatic heterocycles.